The first-order valence-electron chi connectivity index (χ1n) is 5.48. The second kappa shape index (κ2) is 6.07. The van der Waals surface area contributed by atoms with E-state index in [9.17, 15) is 4.21 Å². The van der Waals surface area contributed by atoms with Crippen LogP contribution in [0.2, 0.25) is 15.1 Å². The van der Waals surface area contributed by atoms with Crippen LogP contribution in [0, 0.1) is 0 Å². The molecule has 0 aliphatic carbocycles. The molecule has 1 aliphatic heterocycles. The second-order valence-corrected chi connectivity index (χ2v) is 6.38. The van der Waals surface area contributed by atoms with Gasteiger partial charge in [0.25, 0.3) is 0 Å². The Morgan fingerprint density at radius 2 is 2.00 bits per heavy atom. The average Bonchev–Trinajstić information content (AvgIpc) is 2.64. The van der Waals surface area contributed by atoms with E-state index in [1.165, 1.54) is 0 Å². The largest absolute Gasteiger partial charge is 0.276 e. The van der Waals surface area contributed by atoms with Crippen LogP contribution in [0.5, 0.6) is 0 Å². The van der Waals surface area contributed by atoms with E-state index in [4.69, 9.17) is 39.0 Å². The topological polar surface area (TPSA) is 29.5 Å². The number of nitrogens with zero attached hydrogens (tertiary/aromatic N) is 1. The van der Waals surface area contributed by atoms with Crippen molar-refractivity contribution in [3.05, 3.63) is 32.8 Å². The molecule has 2 rings (SSSR count). The van der Waals surface area contributed by atoms with Crippen LogP contribution in [0.3, 0.4) is 0 Å². The molecule has 2 unspecified atom stereocenters. The van der Waals surface area contributed by atoms with Crippen molar-refractivity contribution in [3.8, 4) is 0 Å². The third-order valence-corrected chi connectivity index (χ3v) is 4.89. The summed E-state index contributed by atoms with van der Waals surface area (Å²) in [6.45, 7) is 2.88. The molecule has 0 N–H and O–H groups in total. The minimum absolute atomic E-state index is 0.119. The maximum atomic E-state index is 11.7. The summed E-state index contributed by atoms with van der Waals surface area (Å²) in [7, 11) is 0. The van der Waals surface area contributed by atoms with E-state index in [0.717, 1.165) is 12.0 Å². The summed E-state index contributed by atoms with van der Waals surface area (Å²) in [5, 5.41) is 1.44. The number of benzene rings is 1. The van der Waals surface area contributed by atoms with Crippen molar-refractivity contribution < 1.29 is 8.39 Å². The highest BCUT2D eigenvalue weighted by molar-refractivity contribution is 7.77. The molecule has 0 aromatic heterocycles. The molecule has 2 atom stereocenters. The Kier molecular flexibility index (Phi) is 4.92. The quantitative estimate of drug-likeness (QED) is 0.844. The fourth-order valence-electron chi connectivity index (χ4n) is 1.79. The number of hydrogen-bond donors (Lipinski definition) is 0. The summed E-state index contributed by atoms with van der Waals surface area (Å²) in [6, 6.07) is 3.38. The van der Waals surface area contributed by atoms with Gasteiger partial charge in [-0.25, -0.2) is 4.21 Å². The van der Waals surface area contributed by atoms with Gasteiger partial charge in [0.1, 0.15) is 0 Å². The Bertz CT molecular complexity index is 460. The first kappa shape index (κ1) is 14.6. The van der Waals surface area contributed by atoms with Gasteiger partial charge in [-0.15, -0.1) is 0 Å². The Morgan fingerprint density at radius 1 is 1.39 bits per heavy atom. The minimum atomic E-state index is -1.43. The molecule has 0 amide bonds. The zero-order valence-electron chi connectivity index (χ0n) is 9.66. The summed E-state index contributed by atoms with van der Waals surface area (Å²) >= 11 is 16.7. The molecule has 100 valence electrons. The first-order valence-corrected chi connectivity index (χ1v) is 7.64. The second-order valence-electron chi connectivity index (χ2n) is 3.99. The smallest absolute Gasteiger partial charge is 0.237 e. The van der Waals surface area contributed by atoms with Crippen LogP contribution in [0.15, 0.2) is 12.1 Å². The summed E-state index contributed by atoms with van der Waals surface area (Å²) in [5.41, 5.74) is 0.722. The highest BCUT2D eigenvalue weighted by atomic mass is 35.5. The van der Waals surface area contributed by atoms with E-state index in [1.54, 1.807) is 16.4 Å². The number of rotatable bonds is 3. The third kappa shape index (κ3) is 3.00. The Hall–Kier alpha value is 0.160. The van der Waals surface area contributed by atoms with Gasteiger partial charge >= 0.3 is 0 Å². The Morgan fingerprint density at radius 3 is 2.56 bits per heavy atom. The van der Waals surface area contributed by atoms with Gasteiger partial charge in [-0.05, 0) is 18.6 Å². The summed E-state index contributed by atoms with van der Waals surface area (Å²) in [6.07, 6.45) is 0.856. The first-order chi connectivity index (χ1) is 8.52. The van der Waals surface area contributed by atoms with Gasteiger partial charge in [0, 0.05) is 33.2 Å². The van der Waals surface area contributed by atoms with Crippen LogP contribution in [0.4, 0.5) is 0 Å². The van der Waals surface area contributed by atoms with Crippen molar-refractivity contribution in [2.45, 2.75) is 25.9 Å². The van der Waals surface area contributed by atoms with E-state index in [2.05, 4.69) is 0 Å². The molecule has 18 heavy (non-hydrogen) atoms. The fraction of sp³-hybridized carbons (Fsp3) is 0.455. The van der Waals surface area contributed by atoms with E-state index >= 15 is 0 Å². The van der Waals surface area contributed by atoms with Crippen molar-refractivity contribution in [1.29, 1.82) is 0 Å². The van der Waals surface area contributed by atoms with Gasteiger partial charge in [-0.3, -0.25) is 4.18 Å². The molecule has 0 bridgehead atoms. The summed E-state index contributed by atoms with van der Waals surface area (Å²) in [5.74, 6) is 0. The number of hydrogen-bond acceptors (Lipinski definition) is 2. The van der Waals surface area contributed by atoms with E-state index in [0.29, 0.717) is 28.2 Å². The highest BCUT2D eigenvalue weighted by Gasteiger charge is 2.32. The standard InChI is InChI=1S/C11H12Cl3NO2S/c1-2-8-6-17-18(16)15(8)5-9-10(13)3-7(12)4-11(9)14/h3-4,8H,2,5-6H2,1H3. The van der Waals surface area contributed by atoms with Crippen molar-refractivity contribution in [1.82, 2.24) is 4.31 Å². The lowest BCUT2D eigenvalue weighted by Gasteiger charge is -2.20. The molecule has 1 aliphatic rings. The van der Waals surface area contributed by atoms with Gasteiger partial charge in [-0.2, -0.15) is 4.31 Å². The maximum Gasteiger partial charge on any atom is 0.237 e. The van der Waals surface area contributed by atoms with Crippen LogP contribution in [-0.2, 0) is 22.0 Å². The molecule has 3 nitrogen and oxygen atoms in total. The van der Waals surface area contributed by atoms with Crippen LogP contribution in [-0.4, -0.2) is 21.2 Å². The van der Waals surface area contributed by atoms with E-state index in [1.807, 2.05) is 6.92 Å². The van der Waals surface area contributed by atoms with Crippen molar-refractivity contribution in [3.63, 3.8) is 0 Å². The summed E-state index contributed by atoms with van der Waals surface area (Å²) in [4.78, 5) is 0. The van der Waals surface area contributed by atoms with Gasteiger partial charge in [-0.1, -0.05) is 41.7 Å². The monoisotopic (exact) mass is 327 g/mol. The zero-order chi connectivity index (χ0) is 13.3. The van der Waals surface area contributed by atoms with Crippen LogP contribution < -0.4 is 0 Å². The van der Waals surface area contributed by atoms with Crippen LogP contribution in [0.25, 0.3) is 0 Å². The lowest BCUT2D eigenvalue weighted by molar-refractivity contribution is 0.301. The molecule has 7 heteroatoms. The SMILES string of the molecule is CCC1COS(=O)N1Cc1c(Cl)cc(Cl)cc1Cl. The van der Waals surface area contributed by atoms with Gasteiger partial charge in [0.15, 0.2) is 0 Å². The molecule has 1 saturated heterocycles. The predicted octanol–water partition coefficient (Wildman–Crippen LogP) is 3.84. The molecular weight excluding hydrogens is 317 g/mol. The normalized spacial score (nSPS) is 24.7. The van der Waals surface area contributed by atoms with Crippen LogP contribution >= 0.6 is 34.8 Å². The molecule has 1 heterocycles. The van der Waals surface area contributed by atoms with Crippen LogP contribution in [0.1, 0.15) is 18.9 Å². The van der Waals surface area contributed by atoms with E-state index in [-0.39, 0.29) is 6.04 Å². The maximum absolute atomic E-state index is 11.7. The molecule has 0 radical (unpaired) electrons. The molecular formula is C11H12Cl3NO2S. The van der Waals surface area contributed by atoms with Gasteiger partial charge in [0.05, 0.1) is 6.61 Å². The van der Waals surface area contributed by atoms with E-state index < -0.39 is 11.3 Å². The molecule has 0 saturated carbocycles. The molecule has 1 aromatic rings. The summed E-state index contributed by atoms with van der Waals surface area (Å²) < 4.78 is 18.6. The van der Waals surface area contributed by atoms with Crippen molar-refractivity contribution in [2.24, 2.45) is 0 Å². The fourth-order valence-corrected chi connectivity index (χ4v) is 3.82. The third-order valence-electron chi connectivity index (χ3n) is 2.85. The lowest BCUT2D eigenvalue weighted by atomic mass is 10.2. The lowest BCUT2D eigenvalue weighted by Crippen LogP contribution is -2.30. The zero-order valence-corrected chi connectivity index (χ0v) is 12.7. The Labute approximate surface area is 124 Å². The van der Waals surface area contributed by atoms with Crippen molar-refractivity contribution in [2.75, 3.05) is 6.61 Å². The van der Waals surface area contributed by atoms with Gasteiger partial charge < -0.3 is 0 Å². The van der Waals surface area contributed by atoms with Gasteiger partial charge in [0.2, 0.25) is 11.3 Å². The molecule has 0 spiro atoms. The van der Waals surface area contributed by atoms with Crippen molar-refractivity contribution >= 4 is 46.1 Å². The highest BCUT2D eigenvalue weighted by Crippen LogP contribution is 2.32. The molecule has 1 fully saturated rings. The predicted molar refractivity (Wildman–Crippen MR) is 75.2 cm³/mol. The Balaban J connectivity index is 2.26. The minimum Gasteiger partial charge on any atom is -0.276 e. The average molecular weight is 329 g/mol. The number of halogens is 3. The molecule has 1 aromatic carbocycles.